The van der Waals surface area contributed by atoms with Gasteiger partial charge in [0.15, 0.2) is 0 Å². The molecule has 0 aromatic heterocycles. The fourth-order valence-corrected chi connectivity index (χ4v) is 2.69. The van der Waals surface area contributed by atoms with E-state index in [0.717, 1.165) is 32.8 Å². The Morgan fingerprint density at radius 1 is 1.25 bits per heavy atom. The van der Waals surface area contributed by atoms with Gasteiger partial charge in [-0.25, -0.2) is 0 Å². The van der Waals surface area contributed by atoms with Crippen molar-refractivity contribution in [2.24, 2.45) is 0 Å². The Morgan fingerprint density at radius 3 is 2.60 bits per heavy atom. The Balaban J connectivity index is 2.01. The van der Waals surface area contributed by atoms with Crippen molar-refractivity contribution in [1.82, 2.24) is 10.2 Å². The molecule has 2 rings (SSSR count). The number of rotatable bonds is 5. The van der Waals surface area contributed by atoms with E-state index in [1.807, 2.05) is 0 Å². The van der Waals surface area contributed by atoms with Gasteiger partial charge < -0.3 is 10.1 Å². The molecular formula is C17H28N2O. The smallest absolute Gasteiger partial charge is 0.0753 e. The number of hydrogen-bond acceptors (Lipinski definition) is 3. The highest BCUT2D eigenvalue weighted by Gasteiger charge is 2.27. The van der Waals surface area contributed by atoms with Gasteiger partial charge in [0.1, 0.15) is 0 Å². The normalized spacial score (nSPS) is 19.4. The molecule has 0 atom stereocenters. The molecule has 0 bridgehead atoms. The van der Waals surface area contributed by atoms with Crippen LogP contribution in [-0.4, -0.2) is 36.2 Å². The quantitative estimate of drug-likeness (QED) is 0.895. The van der Waals surface area contributed by atoms with Crippen LogP contribution in [0, 0.1) is 0 Å². The first kappa shape index (κ1) is 15.5. The summed E-state index contributed by atoms with van der Waals surface area (Å²) in [6, 6.07) is 9.27. The standard InChI is InChI=1S/C17H28N2O/c1-14(2)18-11-15-7-5-6-8-16(15)12-19-9-10-20-17(3,4)13-19/h5-8,14,18H,9-13H2,1-4H3. The van der Waals surface area contributed by atoms with Gasteiger partial charge in [0.05, 0.1) is 12.2 Å². The third-order valence-corrected chi connectivity index (χ3v) is 3.72. The maximum absolute atomic E-state index is 5.79. The number of morpholine rings is 1. The maximum atomic E-state index is 5.79. The molecule has 1 aromatic rings. The monoisotopic (exact) mass is 276 g/mol. The van der Waals surface area contributed by atoms with Crippen LogP contribution in [0.1, 0.15) is 38.8 Å². The van der Waals surface area contributed by atoms with Crippen molar-refractivity contribution in [3.05, 3.63) is 35.4 Å². The lowest BCUT2D eigenvalue weighted by Gasteiger charge is -2.38. The lowest BCUT2D eigenvalue weighted by Crippen LogP contribution is -2.47. The molecule has 1 heterocycles. The summed E-state index contributed by atoms with van der Waals surface area (Å²) in [5.41, 5.74) is 2.81. The zero-order chi connectivity index (χ0) is 14.6. The van der Waals surface area contributed by atoms with E-state index in [1.54, 1.807) is 0 Å². The summed E-state index contributed by atoms with van der Waals surface area (Å²) in [7, 11) is 0. The summed E-state index contributed by atoms with van der Waals surface area (Å²) < 4.78 is 5.79. The van der Waals surface area contributed by atoms with Crippen LogP contribution in [0.5, 0.6) is 0 Å². The molecule has 3 nitrogen and oxygen atoms in total. The van der Waals surface area contributed by atoms with Crippen molar-refractivity contribution in [1.29, 1.82) is 0 Å². The third-order valence-electron chi connectivity index (χ3n) is 3.72. The average molecular weight is 276 g/mol. The lowest BCUT2D eigenvalue weighted by atomic mass is 10.0. The van der Waals surface area contributed by atoms with Gasteiger partial charge in [-0.3, -0.25) is 4.90 Å². The minimum absolute atomic E-state index is 0.0244. The molecule has 0 saturated carbocycles. The molecule has 3 heteroatoms. The van der Waals surface area contributed by atoms with Crippen LogP contribution >= 0.6 is 0 Å². The molecule has 1 fully saturated rings. The van der Waals surface area contributed by atoms with Gasteiger partial charge in [-0.1, -0.05) is 38.1 Å². The number of nitrogens with zero attached hydrogens (tertiary/aromatic N) is 1. The molecule has 0 radical (unpaired) electrons. The van der Waals surface area contributed by atoms with E-state index in [4.69, 9.17) is 4.74 Å². The largest absolute Gasteiger partial charge is 0.373 e. The molecule has 1 aromatic carbocycles. The van der Waals surface area contributed by atoms with E-state index in [9.17, 15) is 0 Å². The number of nitrogens with one attached hydrogen (secondary N) is 1. The Labute approximate surface area is 123 Å². The fraction of sp³-hybridized carbons (Fsp3) is 0.647. The van der Waals surface area contributed by atoms with Gasteiger partial charge in [-0.15, -0.1) is 0 Å². The van der Waals surface area contributed by atoms with Gasteiger partial charge in [-0.05, 0) is 25.0 Å². The van der Waals surface area contributed by atoms with E-state index in [0.29, 0.717) is 6.04 Å². The predicted octanol–water partition coefficient (Wildman–Crippen LogP) is 2.80. The first-order valence-electron chi connectivity index (χ1n) is 7.63. The summed E-state index contributed by atoms with van der Waals surface area (Å²) >= 11 is 0. The lowest BCUT2D eigenvalue weighted by molar-refractivity contribution is -0.0883. The first-order chi connectivity index (χ1) is 9.46. The highest BCUT2D eigenvalue weighted by Crippen LogP contribution is 2.20. The average Bonchev–Trinajstić information content (AvgIpc) is 2.36. The highest BCUT2D eigenvalue weighted by atomic mass is 16.5. The van der Waals surface area contributed by atoms with Crippen LogP contribution < -0.4 is 5.32 Å². The predicted molar refractivity (Wildman–Crippen MR) is 83.7 cm³/mol. The summed E-state index contributed by atoms with van der Waals surface area (Å²) in [6.07, 6.45) is 0. The molecule has 1 aliphatic heterocycles. The van der Waals surface area contributed by atoms with Gasteiger partial charge in [0.25, 0.3) is 0 Å². The van der Waals surface area contributed by atoms with Gasteiger partial charge in [0, 0.05) is 32.2 Å². The maximum Gasteiger partial charge on any atom is 0.0753 e. The molecule has 0 aliphatic carbocycles. The second-order valence-electron chi connectivity index (χ2n) is 6.62. The van der Waals surface area contributed by atoms with Crippen molar-refractivity contribution in [2.75, 3.05) is 19.7 Å². The second-order valence-corrected chi connectivity index (χ2v) is 6.62. The molecular weight excluding hydrogens is 248 g/mol. The zero-order valence-corrected chi connectivity index (χ0v) is 13.3. The van der Waals surface area contributed by atoms with E-state index in [2.05, 4.69) is 62.2 Å². The Bertz CT molecular complexity index is 429. The third kappa shape index (κ3) is 4.58. The molecule has 0 amide bonds. The van der Waals surface area contributed by atoms with Crippen molar-refractivity contribution in [2.45, 2.75) is 52.4 Å². The molecule has 112 valence electrons. The van der Waals surface area contributed by atoms with E-state index in [-0.39, 0.29) is 5.60 Å². The minimum atomic E-state index is -0.0244. The summed E-state index contributed by atoms with van der Waals surface area (Å²) in [5.74, 6) is 0. The number of benzene rings is 1. The molecule has 0 unspecified atom stereocenters. The van der Waals surface area contributed by atoms with Crippen LogP contribution in [0.15, 0.2) is 24.3 Å². The van der Waals surface area contributed by atoms with Crippen molar-refractivity contribution in [3.8, 4) is 0 Å². The van der Waals surface area contributed by atoms with E-state index < -0.39 is 0 Å². The van der Waals surface area contributed by atoms with Crippen LogP contribution in [0.4, 0.5) is 0 Å². The Hall–Kier alpha value is -0.900. The molecule has 0 spiro atoms. The van der Waals surface area contributed by atoms with Crippen molar-refractivity contribution in [3.63, 3.8) is 0 Å². The highest BCUT2D eigenvalue weighted by molar-refractivity contribution is 5.27. The Kier molecular flexibility index (Phi) is 5.19. The number of hydrogen-bond donors (Lipinski definition) is 1. The second kappa shape index (κ2) is 6.70. The van der Waals surface area contributed by atoms with Gasteiger partial charge in [0.2, 0.25) is 0 Å². The van der Waals surface area contributed by atoms with E-state index >= 15 is 0 Å². The minimum Gasteiger partial charge on any atom is -0.373 e. The summed E-state index contributed by atoms with van der Waals surface area (Å²) in [5, 5.41) is 3.51. The van der Waals surface area contributed by atoms with Crippen molar-refractivity contribution < 1.29 is 4.74 Å². The van der Waals surface area contributed by atoms with Crippen LogP contribution in [0.25, 0.3) is 0 Å². The summed E-state index contributed by atoms with van der Waals surface area (Å²) in [4.78, 5) is 2.50. The van der Waals surface area contributed by atoms with Gasteiger partial charge in [-0.2, -0.15) is 0 Å². The SMILES string of the molecule is CC(C)NCc1ccccc1CN1CCOC(C)(C)C1. The topological polar surface area (TPSA) is 24.5 Å². The first-order valence-corrected chi connectivity index (χ1v) is 7.63. The van der Waals surface area contributed by atoms with Crippen LogP contribution in [-0.2, 0) is 17.8 Å². The molecule has 1 N–H and O–H groups in total. The fourth-order valence-electron chi connectivity index (χ4n) is 2.69. The van der Waals surface area contributed by atoms with Crippen molar-refractivity contribution >= 4 is 0 Å². The zero-order valence-electron chi connectivity index (χ0n) is 13.3. The molecule has 1 aliphatic rings. The van der Waals surface area contributed by atoms with Gasteiger partial charge >= 0.3 is 0 Å². The van der Waals surface area contributed by atoms with E-state index in [1.165, 1.54) is 11.1 Å². The summed E-state index contributed by atoms with van der Waals surface area (Å²) in [6.45, 7) is 13.5. The molecule has 1 saturated heterocycles. The van der Waals surface area contributed by atoms with Crippen LogP contribution in [0.3, 0.4) is 0 Å². The number of ether oxygens (including phenoxy) is 1. The molecule has 20 heavy (non-hydrogen) atoms. The van der Waals surface area contributed by atoms with Crippen LogP contribution in [0.2, 0.25) is 0 Å². The Morgan fingerprint density at radius 2 is 1.95 bits per heavy atom.